The maximum atomic E-state index is 12.0. The van der Waals surface area contributed by atoms with Crippen molar-refractivity contribution in [3.8, 4) is 0 Å². The molecular weight excluding hydrogens is 230 g/mol. The van der Waals surface area contributed by atoms with Crippen LogP contribution >= 0.6 is 0 Å². The average Bonchev–Trinajstić information content (AvgIpc) is 2.48. The Labute approximate surface area is 108 Å². The molecule has 0 atom stereocenters. The van der Waals surface area contributed by atoms with Crippen LogP contribution in [-0.2, 0) is 17.7 Å². The van der Waals surface area contributed by atoms with E-state index in [9.17, 15) is 4.79 Å². The lowest BCUT2D eigenvalue weighted by Crippen LogP contribution is -2.38. The number of hydrogen-bond donors (Lipinski definition) is 0. The minimum absolute atomic E-state index is 0.231. The number of amides is 1. The summed E-state index contributed by atoms with van der Waals surface area (Å²) in [7, 11) is 0. The second-order valence-corrected chi connectivity index (χ2v) is 5.68. The van der Waals surface area contributed by atoms with E-state index < -0.39 is 5.60 Å². The molecule has 0 bridgehead atoms. The van der Waals surface area contributed by atoms with Gasteiger partial charge in [-0.05, 0) is 27.7 Å². The number of rotatable bonds is 0. The SMILES string of the molecule is Cc1cnc2n1CCN(C(=O)OC(C)(C)C)CC2. The minimum atomic E-state index is -0.438. The number of nitrogens with zero attached hydrogens (tertiary/aromatic N) is 3. The van der Waals surface area contributed by atoms with E-state index in [0.717, 1.165) is 24.5 Å². The predicted molar refractivity (Wildman–Crippen MR) is 68.5 cm³/mol. The molecule has 0 saturated heterocycles. The zero-order valence-electron chi connectivity index (χ0n) is 11.6. The molecule has 18 heavy (non-hydrogen) atoms. The maximum Gasteiger partial charge on any atom is 0.410 e. The van der Waals surface area contributed by atoms with Gasteiger partial charge in [0.15, 0.2) is 0 Å². The van der Waals surface area contributed by atoms with E-state index in [1.165, 1.54) is 0 Å². The Kier molecular flexibility index (Phi) is 3.32. The van der Waals surface area contributed by atoms with Gasteiger partial charge in [0, 0.05) is 37.9 Å². The summed E-state index contributed by atoms with van der Waals surface area (Å²) < 4.78 is 7.57. The molecule has 1 aromatic rings. The van der Waals surface area contributed by atoms with Gasteiger partial charge in [-0.3, -0.25) is 0 Å². The van der Waals surface area contributed by atoms with Crippen molar-refractivity contribution in [2.75, 3.05) is 13.1 Å². The van der Waals surface area contributed by atoms with Crippen LogP contribution in [0.4, 0.5) is 4.79 Å². The summed E-state index contributed by atoms with van der Waals surface area (Å²) in [4.78, 5) is 18.1. The molecule has 1 amide bonds. The Morgan fingerprint density at radius 2 is 2.06 bits per heavy atom. The number of imidazole rings is 1. The largest absolute Gasteiger partial charge is 0.444 e. The van der Waals surface area contributed by atoms with Crippen molar-refractivity contribution in [1.29, 1.82) is 0 Å². The predicted octanol–water partition coefficient (Wildman–Crippen LogP) is 1.98. The number of aryl methyl sites for hydroxylation is 1. The highest BCUT2D eigenvalue weighted by Gasteiger charge is 2.24. The molecule has 0 aliphatic carbocycles. The smallest absolute Gasteiger partial charge is 0.410 e. The molecule has 5 heteroatoms. The van der Waals surface area contributed by atoms with Crippen LogP contribution in [0, 0.1) is 6.92 Å². The molecule has 0 saturated carbocycles. The first-order chi connectivity index (χ1) is 8.37. The first kappa shape index (κ1) is 12.9. The quantitative estimate of drug-likeness (QED) is 0.708. The summed E-state index contributed by atoms with van der Waals surface area (Å²) in [6, 6.07) is 0. The molecule has 2 heterocycles. The average molecular weight is 251 g/mol. The number of fused-ring (bicyclic) bond motifs is 1. The molecule has 0 unspecified atom stereocenters. The summed E-state index contributed by atoms with van der Waals surface area (Å²) in [5, 5.41) is 0. The summed E-state index contributed by atoms with van der Waals surface area (Å²) >= 11 is 0. The Bertz CT molecular complexity index is 446. The Morgan fingerprint density at radius 3 is 2.72 bits per heavy atom. The Morgan fingerprint density at radius 1 is 1.33 bits per heavy atom. The highest BCUT2D eigenvalue weighted by molar-refractivity contribution is 5.68. The maximum absolute atomic E-state index is 12.0. The molecule has 1 aliphatic rings. The summed E-state index contributed by atoms with van der Waals surface area (Å²) in [5.74, 6) is 1.05. The molecule has 2 rings (SSSR count). The molecule has 100 valence electrons. The van der Waals surface area contributed by atoms with Crippen molar-refractivity contribution >= 4 is 6.09 Å². The highest BCUT2D eigenvalue weighted by Crippen LogP contribution is 2.14. The molecule has 0 spiro atoms. The summed E-state index contributed by atoms with van der Waals surface area (Å²) in [6.07, 6.45) is 2.44. The third kappa shape index (κ3) is 2.83. The van der Waals surface area contributed by atoms with Gasteiger partial charge in [-0.1, -0.05) is 0 Å². The van der Waals surface area contributed by atoms with Gasteiger partial charge < -0.3 is 14.2 Å². The molecule has 0 radical (unpaired) electrons. The van der Waals surface area contributed by atoms with Crippen LogP contribution in [0.3, 0.4) is 0 Å². The van der Waals surface area contributed by atoms with Crippen LogP contribution in [0.25, 0.3) is 0 Å². The summed E-state index contributed by atoms with van der Waals surface area (Å²) in [6.45, 7) is 9.85. The van der Waals surface area contributed by atoms with E-state index in [2.05, 4.69) is 9.55 Å². The number of carbonyl (C=O) groups is 1. The van der Waals surface area contributed by atoms with Gasteiger partial charge >= 0.3 is 6.09 Å². The monoisotopic (exact) mass is 251 g/mol. The zero-order chi connectivity index (χ0) is 13.3. The number of ether oxygens (including phenoxy) is 1. The molecule has 5 nitrogen and oxygen atoms in total. The van der Waals surface area contributed by atoms with Gasteiger partial charge in [0.2, 0.25) is 0 Å². The molecule has 1 aliphatic heterocycles. The lowest BCUT2D eigenvalue weighted by Gasteiger charge is -2.26. The first-order valence-electron chi connectivity index (χ1n) is 6.36. The van der Waals surface area contributed by atoms with Crippen molar-refractivity contribution in [3.63, 3.8) is 0 Å². The molecule has 0 fully saturated rings. The second-order valence-electron chi connectivity index (χ2n) is 5.68. The number of carbonyl (C=O) groups excluding carboxylic acids is 1. The Balaban J connectivity index is 2.02. The van der Waals surface area contributed by atoms with Gasteiger partial charge in [0.05, 0.1) is 0 Å². The van der Waals surface area contributed by atoms with Gasteiger partial charge in [-0.15, -0.1) is 0 Å². The second kappa shape index (κ2) is 4.63. The lowest BCUT2D eigenvalue weighted by molar-refractivity contribution is 0.0254. The third-order valence-electron chi connectivity index (χ3n) is 2.99. The van der Waals surface area contributed by atoms with Gasteiger partial charge in [0.25, 0.3) is 0 Å². The van der Waals surface area contributed by atoms with Crippen LogP contribution in [0.5, 0.6) is 0 Å². The minimum Gasteiger partial charge on any atom is -0.444 e. The summed E-state index contributed by atoms with van der Waals surface area (Å²) in [5.41, 5.74) is 0.711. The fraction of sp³-hybridized carbons (Fsp3) is 0.692. The van der Waals surface area contributed by atoms with Crippen LogP contribution in [0.2, 0.25) is 0 Å². The van der Waals surface area contributed by atoms with Crippen molar-refractivity contribution in [2.45, 2.75) is 46.3 Å². The van der Waals surface area contributed by atoms with Crippen molar-refractivity contribution < 1.29 is 9.53 Å². The number of aromatic nitrogens is 2. The lowest BCUT2D eigenvalue weighted by atomic mass is 10.2. The molecule has 0 N–H and O–H groups in total. The number of hydrogen-bond acceptors (Lipinski definition) is 3. The van der Waals surface area contributed by atoms with Crippen LogP contribution < -0.4 is 0 Å². The first-order valence-corrected chi connectivity index (χ1v) is 6.36. The topological polar surface area (TPSA) is 47.4 Å². The van der Waals surface area contributed by atoms with E-state index >= 15 is 0 Å². The fourth-order valence-electron chi connectivity index (χ4n) is 2.09. The van der Waals surface area contributed by atoms with E-state index in [1.807, 2.05) is 33.9 Å². The van der Waals surface area contributed by atoms with Gasteiger partial charge in [-0.2, -0.15) is 0 Å². The van der Waals surface area contributed by atoms with E-state index in [4.69, 9.17) is 4.74 Å². The third-order valence-corrected chi connectivity index (χ3v) is 2.99. The van der Waals surface area contributed by atoms with Crippen molar-refractivity contribution in [3.05, 3.63) is 17.7 Å². The molecule has 0 aromatic carbocycles. The highest BCUT2D eigenvalue weighted by atomic mass is 16.6. The Hall–Kier alpha value is -1.52. The standard InChI is InChI=1S/C13H21N3O2/c1-10-9-14-11-5-6-15(7-8-16(10)11)12(17)18-13(2,3)4/h9H,5-8H2,1-4H3. The van der Waals surface area contributed by atoms with E-state index in [0.29, 0.717) is 13.1 Å². The van der Waals surface area contributed by atoms with Crippen molar-refractivity contribution in [2.24, 2.45) is 0 Å². The zero-order valence-corrected chi connectivity index (χ0v) is 11.6. The van der Waals surface area contributed by atoms with Gasteiger partial charge in [0.1, 0.15) is 11.4 Å². The van der Waals surface area contributed by atoms with Crippen LogP contribution in [0.1, 0.15) is 32.3 Å². The fourth-order valence-corrected chi connectivity index (χ4v) is 2.09. The molecular formula is C13H21N3O2. The van der Waals surface area contributed by atoms with E-state index in [-0.39, 0.29) is 6.09 Å². The normalized spacial score (nSPS) is 16.1. The van der Waals surface area contributed by atoms with Crippen molar-refractivity contribution in [1.82, 2.24) is 14.5 Å². The molecule has 1 aromatic heterocycles. The van der Waals surface area contributed by atoms with Gasteiger partial charge in [-0.25, -0.2) is 9.78 Å². The van der Waals surface area contributed by atoms with Crippen LogP contribution in [-0.4, -0.2) is 39.2 Å². The van der Waals surface area contributed by atoms with Crippen LogP contribution in [0.15, 0.2) is 6.20 Å². The van der Waals surface area contributed by atoms with E-state index in [1.54, 1.807) is 4.90 Å².